The van der Waals surface area contributed by atoms with Gasteiger partial charge in [-0.1, -0.05) is 36.2 Å². The van der Waals surface area contributed by atoms with Crippen LogP contribution in [0.4, 0.5) is 0 Å². The van der Waals surface area contributed by atoms with E-state index in [1.54, 1.807) is 18.2 Å². The predicted octanol–water partition coefficient (Wildman–Crippen LogP) is 3.03. The number of benzene rings is 1. The van der Waals surface area contributed by atoms with Crippen LogP contribution in [0.1, 0.15) is 36.7 Å². The van der Waals surface area contributed by atoms with Crippen molar-refractivity contribution in [3.05, 3.63) is 39.9 Å². The second-order valence-electron chi connectivity index (χ2n) is 5.21. The van der Waals surface area contributed by atoms with Gasteiger partial charge in [-0.15, -0.1) is 17.5 Å². The van der Waals surface area contributed by atoms with Crippen LogP contribution in [0, 0.1) is 0 Å². The first-order valence-electron chi connectivity index (χ1n) is 7.38. The molecule has 1 heterocycles. The molecule has 0 radical (unpaired) electrons. The Kier molecular flexibility index (Phi) is 7.96. The topological polar surface area (TPSA) is 85.8 Å². The summed E-state index contributed by atoms with van der Waals surface area (Å²) in [5.41, 5.74) is 6.18. The zero-order chi connectivity index (χ0) is 17.0. The van der Waals surface area contributed by atoms with Gasteiger partial charge in [-0.05, 0) is 25.5 Å². The number of halogens is 3. The molecule has 0 aliphatic heterocycles. The van der Waals surface area contributed by atoms with Crippen LogP contribution in [0.5, 0.6) is 0 Å². The summed E-state index contributed by atoms with van der Waals surface area (Å²) in [4.78, 5) is 16.4. The summed E-state index contributed by atoms with van der Waals surface area (Å²) in [5.74, 6) is 0.349. The highest BCUT2D eigenvalue weighted by Gasteiger charge is 2.19. The molecule has 0 fully saturated rings. The molecule has 6 nitrogen and oxygen atoms in total. The van der Waals surface area contributed by atoms with E-state index in [2.05, 4.69) is 15.4 Å². The number of carbonyl (C=O) groups is 1. The number of para-hydroxylation sites is 1. The van der Waals surface area contributed by atoms with E-state index in [-0.39, 0.29) is 30.2 Å². The third-order valence-corrected chi connectivity index (χ3v) is 3.84. The predicted molar refractivity (Wildman–Crippen MR) is 98.6 cm³/mol. The molecule has 0 spiro atoms. The highest BCUT2D eigenvalue weighted by Crippen LogP contribution is 2.28. The molecule has 1 atom stereocenters. The van der Waals surface area contributed by atoms with Gasteiger partial charge in [0.05, 0.1) is 10.0 Å². The Morgan fingerprint density at radius 1 is 1.38 bits per heavy atom. The van der Waals surface area contributed by atoms with Gasteiger partial charge in [-0.3, -0.25) is 4.79 Å². The van der Waals surface area contributed by atoms with E-state index in [9.17, 15) is 4.79 Å². The summed E-state index contributed by atoms with van der Waals surface area (Å²) < 4.78 is 1.52. The van der Waals surface area contributed by atoms with Crippen LogP contribution < -0.4 is 11.1 Å². The number of nitrogens with two attached hydrogens (primary N) is 1. The maximum atomic E-state index is 12.2. The molecule has 3 N–H and O–H groups in total. The van der Waals surface area contributed by atoms with Gasteiger partial charge in [0, 0.05) is 19.0 Å². The standard InChI is InChI=1S/C15H19Cl2N5O.ClH/c1-3-12-20-14(15(23)19-8-7-9(2)18)21-22(12)13-10(16)5-4-6-11(13)17;/h4-6,9H,3,7-8,18H2,1-2H3,(H,19,23);1H. The summed E-state index contributed by atoms with van der Waals surface area (Å²) in [5, 5.41) is 7.91. The molecule has 24 heavy (non-hydrogen) atoms. The molecule has 2 aromatic rings. The first kappa shape index (κ1) is 20.7. The SMILES string of the molecule is CCc1nc(C(=O)NCCC(C)N)nn1-c1c(Cl)cccc1Cl.Cl. The smallest absolute Gasteiger partial charge is 0.290 e. The fourth-order valence-corrected chi connectivity index (χ4v) is 2.59. The van der Waals surface area contributed by atoms with Gasteiger partial charge in [0.2, 0.25) is 5.82 Å². The lowest BCUT2D eigenvalue weighted by atomic mass is 10.2. The van der Waals surface area contributed by atoms with E-state index in [0.29, 0.717) is 40.9 Å². The van der Waals surface area contributed by atoms with Crippen molar-refractivity contribution in [1.82, 2.24) is 20.1 Å². The molecule has 0 aliphatic carbocycles. The van der Waals surface area contributed by atoms with Crippen molar-refractivity contribution >= 4 is 41.5 Å². The van der Waals surface area contributed by atoms with Gasteiger partial charge in [0.15, 0.2) is 0 Å². The van der Waals surface area contributed by atoms with E-state index in [1.807, 2.05) is 13.8 Å². The molecule has 0 saturated carbocycles. The molecular formula is C15H20Cl3N5O. The van der Waals surface area contributed by atoms with Crippen molar-refractivity contribution in [1.29, 1.82) is 0 Å². The third kappa shape index (κ3) is 4.83. The van der Waals surface area contributed by atoms with Crippen LogP contribution in [0.25, 0.3) is 5.69 Å². The normalized spacial score (nSPS) is 11.7. The minimum Gasteiger partial charge on any atom is -0.349 e. The Balaban J connectivity index is 0.00000288. The number of nitrogens with zero attached hydrogens (tertiary/aromatic N) is 3. The van der Waals surface area contributed by atoms with Gasteiger partial charge in [0.1, 0.15) is 11.5 Å². The van der Waals surface area contributed by atoms with Gasteiger partial charge >= 0.3 is 0 Å². The Labute approximate surface area is 157 Å². The number of aromatic nitrogens is 3. The van der Waals surface area contributed by atoms with E-state index in [1.165, 1.54) is 4.68 Å². The Morgan fingerprint density at radius 3 is 2.54 bits per heavy atom. The molecular weight excluding hydrogens is 373 g/mol. The van der Waals surface area contributed by atoms with Crippen molar-refractivity contribution in [3.8, 4) is 5.69 Å². The van der Waals surface area contributed by atoms with Crippen LogP contribution in [0.2, 0.25) is 10.0 Å². The van der Waals surface area contributed by atoms with Gasteiger partial charge in [0.25, 0.3) is 5.91 Å². The van der Waals surface area contributed by atoms with Crippen molar-refractivity contribution in [3.63, 3.8) is 0 Å². The summed E-state index contributed by atoms with van der Waals surface area (Å²) >= 11 is 12.4. The number of amides is 1. The number of rotatable bonds is 6. The lowest BCUT2D eigenvalue weighted by Crippen LogP contribution is -2.29. The Hall–Kier alpha value is -1.34. The fraction of sp³-hybridized carbons (Fsp3) is 0.400. The van der Waals surface area contributed by atoms with Gasteiger partial charge in [-0.25, -0.2) is 9.67 Å². The molecule has 1 aromatic carbocycles. The van der Waals surface area contributed by atoms with Gasteiger partial charge in [-0.2, -0.15) is 0 Å². The van der Waals surface area contributed by atoms with Crippen LogP contribution in [0.3, 0.4) is 0 Å². The minimum atomic E-state index is -0.345. The second kappa shape index (κ2) is 9.22. The van der Waals surface area contributed by atoms with Gasteiger partial charge < -0.3 is 11.1 Å². The number of hydrogen-bond acceptors (Lipinski definition) is 4. The minimum absolute atomic E-state index is 0. The first-order valence-corrected chi connectivity index (χ1v) is 8.13. The summed E-state index contributed by atoms with van der Waals surface area (Å²) in [6.45, 7) is 4.27. The Morgan fingerprint density at radius 2 is 2.00 bits per heavy atom. The second-order valence-corrected chi connectivity index (χ2v) is 6.02. The molecule has 9 heteroatoms. The summed E-state index contributed by atoms with van der Waals surface area (Å²) in [7, 11) is 0. The average Bonchev–Trinajstić information content (AvgIpc) is 2.90. The molecule has 1 aromatic heterocycles. The Bertz CT molecular complexity index is 682. The lowest BCUT2D eigenvalue weighted by molar-refractivity contribution is 0.0942. The van der Waals surface area contributed by atoms with Crippen LogP contribution in [-0.2, 0) is 6.42 Å². The van der Waals surface area contributed by atoms with E-state index < -0.39 is 0 Å². The quantitative estimate of drug-likeness (QED) is 0.791. The van der Waals surface area contributed by atoms with Crippen LogP contribution in [0.15, 0.2) is 18.2 Å². The molecule has 1 unspecified atom stereocenters. The zero-order valence-electron chi connectivity index (χ0n) is 13.4. The molecule has 0 bridgehead atoms. The monoisotopic (exact) mass is 391 g/mol. The zero-order valence-corrected chi connectivity index (χ0v) is 15.8. The maximum Gasteiger partial charge on any atom is 0.290 e. The highest BCUT2D eigenvalue weighted by molar-refractivity contribution is 6.37. The average molecular weight is 393 g/mol. The number of nitrogens with one attached hydrogen (secondary N) is 1. The lowest BCUT2D eigenvalue weighted by Gasteiger charge is -2.08. The summed E-state index contributed by atoms with van der Waals surface area (Å²) in [6, 6.07) is 5.20. The van der Waals surface area contributed by atoms with E-state index in [4.69, 9.17) is 28.9 Å². The van der Waals surface area contributed by atoms with Crippen molar-refractivity contribution < 1.29 is 4.79 Å². The molecule has 132 valence electrons. The largest absolute Gasteiger partial charge is 0.349 e. The number of hydrogen-bond donors (Lipinski definition) is 2. The maximum absolute atomic E-state index is 12.2. The molecule has 0 saturated heterocycles. The van der Waals surface area contributed by atoms with Crippen LogP contribution >= 0.6 is 35.6 Å². The third-order valence-electron chi connectivity index (χ3n) is 3.23. The molecule has 1 amide bonds. The fourth-order valence-electron chi connectivity index (χ4n) is 2.03. The first-order chi connectivity index (χ1) is 10.9. The van der Waals surface area contributed by atoms with Crippen molar-refractivity contribution in [2.45, 2.75) is 32.7 Å². The molecule has 0 aliphatic rings. The number of carbonyl (C=O) groups excluding carboxylic acids is 1. The highest BCUT2D eigenvalue weighted by atomic mass is 35.5. The summed E-state index contributed by atoms with van der Waals surface area (Å²) in [6.07, 6.45) is 1.27. The number of aryl methyl sites for hydroxylation is 1. The van der Waals surface area contributed by atoms with E-state index in [0.717, 1.165) is 0 Å². The van der Waals surface area contributed by atoms with Crippen molar-refractivity contribution in [2.24, 2.45) is 5.73 Å². The van der Waals surface area contributed by atoms with Crippen LogP contribution in [-0.4, -0.2) is 33.3 Å². The van der Waals surface area contributed by atoms with E-state index >= 15 is 0 Å². The van der Waals surface area contributed by atoms with Crippen molar-refractivity contribution in [2.75, 3.05) is 6.54 Å². The molecule has 2 rings (SSSR count).